The number of anilines is 1. The van der Waals surface area contributed by atoms with E-state index in [0.29, 0.717) is 28.6 Å². The number of imidazole rings is 1. The van der Waals surface area contributed by atoms with Crippen LogP contribution in [0.1, 0.15) is 37.3 Å². The van der Waals surface area contributed by atoms with Crippen molar-refractivity contribution in [3.05, 3.63) is 46.3 Å². The standard InChI is InChI=1S/C17H17Cl2N5/c18-12-6-5-11(14(19)7-12)8-20-17-21-9-15-16(23-17)24(10-22-15)13-3-1-2-4-13/h5-7,9-10,13H,1-4,8H2,(H,20,21,23). The van der Waals surface area contributed by atoms with Gasteiger partial charge in [-0.15, -0.1) is 0 Å². The summed E-state index contributed by atoms with van der Waals surface area (Å²) in [4.78, 5) is 13.4. The molecule has 1 fully saturated rings. The number of aromatic nitrogens is 4. The largest absolute Gasteiger partial charge is 0.350 e. The summed E-state index contributed by atoms with van der Waals surface area (Å²) in [6.07, 6.45) is 8.58. The van der Waals surface area contributed by atoms with Gasteiger partial charge in [0.2, 0.25) is 5.95 Å². The molecule has 4 rings (SSSR count). The summed E-state index contributed by atoms with van der Waals surface area (Å²) < 4.78 is 2.18. The number of nitrogens with one attached hydrogen (secondary N) is 1. The molecule has 0 unspecified atom stereocenters. The second kappa shape index (κ2) is 6.57. The molecule has 1 N–H and O–H groups in total. The van der Waals surface area contributed by atoms with Gasteiger partial charge in [0.1, 0.15) is 5.52 Å². The molecular formula is C17H17Cl2N5. The Balaban J connectivity index is 1.57. The monoisotopic (exact) mass is 361 g/mol. The Morgan fingerprint density at radius 2 is 2.00 bits per heavy atom. The Morgan fingerprint density at radius 1 is 1.17 bits per heavy atom. The highest BCUT2D eigenvalue weighted by Crippen LogP contribution is 2.31. The zero-order valence-corrected chi connectivity index (χ0v) is 14.6. The summed E-state index contributed by atoms with van der Waals surface area (Å²) in [5.41, 5.74) is 2.67. The first-order chi connectivity index (χ1) is 11.7. The van der Waals surface area contributed by atoms with Crippen LogP contribution in [0.3, 0.4) is 0 Å². The first kappa shape index (κ1) is 15.7. The van der Waals surface area contributed by atoms with E-state index < -0.39 is 0 Å². The lowest BCUT2D eigenvalue weighted by molar-refractivity contribution is 0.529. The quantitative estimate of drug-likeness (QED) is 0.720. The second-order valence-corrected chi connectivity index (χ2v) is 6.93. The van der Waals surface area contributed by atoms with Crippen LogP contribution in [0.25, 0.3) is 11.2 Å². The van der Waals surface area contributed by atoms with Gasteiger partial charge in [-0.1, -0.05) is 42.1 Å². The van der Waals surface area contributed by atoms with Crippen LogP contribution in [-0.2, 0) is 6.54 Å². The summed E-state index contributed by atoms with van der Waals surface area (Å²) in [6, 6.07) is 5.96. The summed E-state index contributed by atoms with van der Waals surface area (Å²) in [5.74, 6) is 0.577. The van der Waals surface area contributed by atoms with Crippen LogP contribution in [0, 0.1) is 0 Å². The van der Waals surface area contributed by atoms with Crippen molar-refractivity contribution < 1.29 is 0 Å². The maximum Gasteiger partial charge on any atom is 0.225 e. The Bertz CT molecular complexity index is 871. The van der Waals surface area contributed by atoms with E-state index in [9.17, 15) is 0 Å². The highest BCUT2D eigenvalue weighted by atomic mass is 35.5. The number of benzene rings is 1. The molecule has 2 heterocycles. The van der Waals surface area contributed by atoms with E-state index in [-0.39, 0.29) is 0 Å². The maximum absolute atomic E-state index is 6.21. The molecule has 0 bridgehead atoms. The summed E-state index contributed by atoms with van der Waals surface area (Å²) >= 11 is 12.1. The zero-order chi connectivity index (χ0) is 16.5. The molecule has 124 valence electrons. The van der Waals surface area contributed by atoms with Crippen molar-refractivity contribution in [3.63, 3.8) is 0 Å². The van der Waals surface area contributed by atoms with Gasteiger partial charge in [0.05, 0.1) is 12.5 Å². The van der Waals surface area contributed by atoms with Crippen LogP contribution in [0.4, 0.5) is 5.95 Å². The zero-order valence-electron chi connectivity index (χ0n) is 13.0. The molecule has 5 nitrogen and oxygen atoms in total. The number of hydrogen-bond donors (Lipinski definition) is 1. The SMILES string of the molecule is Clc1ccc(CNc2ncc3ncn(C4CCCC4)c3n2)c(Cl)c1. The van der Waals surface area contributed by atoms with Gasteiger partial charge in [-0.25, -0.2) is 9.97 Å². The van der Waals surface area contributed by atoms with Crippen molar-refractivity contribution in [3.8, 4) is 0 Å². The molecule has 0 spiro atoms. The Hall–Kier alpha value is -1.85. The first-order valence-corrected chi connectivity index (χ1v) is 8.84. The molecule has 1 aromatic carbocycles. The molecule has 7 heteroatoms. The van der Waals surface area contributed by atoms with Crippen LogP contribution >= 0.6 is 23.2 Å². The lowest BCUT2D eigenvalue weighted by atomic mass is 10.2. The fourth-order valence-electron chi connectivity index (χ4n) is 3.20. The molecule has 24 heavy (non-hydrogen) atoms. The lowest BCUT2D eigenvalue weighted by Gasteiger charge is -2.12. The highest BCUT2D eigenvalue weighted by Gasteiger charge is 2.19. The van der Waals surface area contributed by atoms with E-state index in [1.807, 2.05) is 18.5 Å². The Morgan fingerprint density at radius 3 is 2.79 bits per heavy atom. The van der Waals surface area contributed by atoms with Gasteiger partial charge in [0.15, 0.2) is 5.65 Å². The second-order valence-electron chi connectivity index (χ2n) is 6.08. The molecule has 0 amide bonds. The van der Waals surface area contributed by atoms with Gasteiger partial charge in [0, 0.05) is 22.6 Å². The maximum atomic E-state index is 6.21. The number of halogens is 2. The number of rotatable bonds is 4. The minimum atomic E-state index is 0.503. The molecule has 0 aliphatic heterocycles. The van der Waals surface area contributed by atoms with E-state index in [0.717, 1.165) is 16.7 Å². The smallest absolute Gasteiger partial charge is 0.225 e. The minimum absolute atomic E-state index is 0.503. The Kier molecular flexibility index (Phi) is 4.29. The van der Waals surface area contributed by atoms with Crippen LogP contribution in [0.15, 0.2) is 30.7 Å². The number of hydrogen-bond acceptors (Lipinski definition) is 4. The van der Waals surface area contributed by atoms with E-state index in [1.165, 1.54) is 25.7 Å². The molecule has 1 saturated carbocycles. The van der Waals surface area contributed by atoms with E-state index in [2.05, 4.69) is 24.8 Å². The van der Waals surface area contributed by atoms with Gasteiger partial charge in [-0.3, -0.25) is 0 Å². The third kappa shape index (κ3) is 3.06. The van der Waals surface area contributed by atoms with Crippen molar-refractivity contribution in [2.24, 2.45) is 0 Å². The average molecular weight is 362 g/mol. The van der Waals surface area contributed by atoms with Gasteiger partial charge in [-0.05, 0) is 30.5 Å². The minimum Gasteiger partial charge on any atom is -0.350 e. The summed E-state index contributed by atoms with van der Waals surface area (Å²) in [5, 5.41) is 4.49. The van der Waals surface area contributed by atoms with Crippen LogP contribution < -0.4 is 5.32 Å². The van der Waals surface area contributed by atoms with Gasteiger partial charge in [-0.2, -0.15) is 4.98 Å². The fraction of sp³-hybridized carbons (Fsp3) is 0.353. The van der Waals surface area contributed by atoms with Crippen LogP contribution in [0.5, 0.6) is 0 Å². The van der Waals surface area contributed by atoms with Crippen molar-refractivity contribution in [1.29, 1.82) is 0 Å². The molecule has 1 aliphatic rings. The molecule has 1 aliphatic carbocycles. The van der Waals surface area contributed by atoms with Crippen LogP contribution in [0.2, 0.25) is 10.0 Å². The lowest BCUT2D eigenvalue weighted by Crippen LogP contribution is -2.07. The number of nitrogens with zero attached hydrogens (tertiary/aromatic N) is 4. The molecule has 0 saturated heterocycles. The normalized spacial score (nSPS) is 15.2. The topological polar surface area (TPSA) is 55.6 Å². The summed E-state index contributed by atoms with van der Waals surface area (Å²) in [7, 11) is 0. The van der Waals surface area contributed by atoms with Gasteiger partial charge >= 0.3 is 0 Å². The van der Waals surface area contributed by atoms with Crippen molar-refractivity contribution in [1.82, 2.24) is 19.5 Å². The van der Waals surface area contributed by atoms with Crippen molar-refractivity contribution in [2.75, 3.05) is 5.32 Å². The first-order valence-electron chi connectivity index (χ1n) is 8.08. The van der Waals surface area contributed by atoms with Crippen molar-refractivity contribution in [2.45, 2.75) is 38.3 Å². The third-order valence-electron chi connectivity index (χ3n) is 4.49. The van der Waals surface area contributed by atoms with E-state index in [1.54, 1.807) is 12.3 Å². The molecule has 0 radical (unpaired) electrons. The van der Waals surface area contributed by atoms with Gasteiger partial charge < -0.3 is 9.88 Å². The van der Waals surface area contributed by atoms with Crippen molar-refractivity contribution >= 4 is 40.3 Å². The third-order valence-corrected chi connectivity index (χ3v) is 5.07. The van der Waals surface area contributed by atoms with E-state index >= 15 is 0 Å². The number of fused-ring (bicyclic) bond motifs is 1. The fourth-order valence-corrected chi connectivity index (χ4v) is 3.68. The van der Waals surface area contributed by atoms with Crippen LogP contribution in [-0.4, -0.2) is 19.5 Å². The predicted molar refractivity (Wildman–Crippen MR) is 96.6 cm³/mol. The molecule has 3 aromatic rings. The summed E-state index contributed by atoms with van der Waals surface area (Å²) in [6.45, 7) is 0.541. The molecular weight excluding hydrogens is 345 g/mol. The molecule has 2 aromatic heterocycles. The highest BCUT2D eigenvalue weighted by molar-refractivity contribution is 6.35. The van der Waals surface area contributed by atoms with Gasteiger partial charge in [0.25, 0.3) is 0 Å². The molecule has 0 atom stereocenters. The average Bonchev–Trinajstić information content (AvgIpc) is 3.22. The Labute approximate surface area is 150 Å². The predicted octanol–water partition coefficient (Wildman–Crippen LogP) is 4.86. The van der Waals surface area contributed by atoms with E-state index in [4.69, 9.17) is 23.2 Å².